The van der Waals surface area contributed by atoms with E-state index in [2.05, 4.69) is 14.9 Å². The van der Waals surface area contributed by atoms with Crippen LogP contribution >= 0.6 is 12.2 Å². The fraction of sp³-hybridized carbons (Fsp3) is 0.222. The van der Waals surface area contributed by atoms with Gasteiger partial charge in [-0.2, -0.15) is 13.2 Å². The summed E-state index contributed by atoms with van der Waals surface area (Å²) in [6.45, 7) is 0.0998. The topological polar surface area (TPSA) is 43.2 Å². The van der Waals surface area contributed by atoms with E-state index in [1.807, 2.05) is 0 Å². The second-order valence-electron chi connectivity index (χ2n) is 8.41. The normalized spacial score (nSPS) is 14.6. The molecule has 0 spiro atoms. The van der Waals surface area contributed by atoms with Crippen LogP contribution in [-0.4, -0.2) is 29.7 Å². The molecule has 38 heavy (non-hydrogen) atoms. The van der Waals surface area contributed by atoms with E-state index in [1.165, 1.54) is 30.3 Å². The molecule has 0 aliphatic heterocycles. The van der Waals surface area contributed by atoms with Crippen molar-refractivity contribution >= 4 is 29.0 Å². The quantitative estimate of drug-likeness (QED) is 0.127. The van der Waals surface area contributed by atoms with E-state index < -0.39 is 18.1 Å². The Morgan fingerprint density at radius 2 is 1.61 bits per heavy atom. The Morgan fingerprint density at radius 1 is 0.895 bits per heavy atom. The smallest absolute Gasteiger partial charge is 0.406 e. The third-order valence-electron chi connectivity index (χ3n) is 5.61. The molecule has 0 saturated carbocycles. The number of benzene rings is 3. The van der Waals surface area contributed by atoms with Crippen LogP contribution in [0.15, 0.2) is 76.9 Å². The Hall–Kier alpha value is -3.73. The largest absolute Gasteiger partial charge is 0.573 e. The minimum atomic E-state index is -4.75. The number of oxime groups is 1. The Balaban J connectivity index is 1.31. The predicted molar refractivity (Wildman–Crippen MR) is 135 cm³/mol. The van der Waals surface area contributed by atoms with Crippen LogP contribution in [0.2, 0.25) is 0 Å². The molecule has 0 heterocycles. The number of aryl methyl sites for hydroxylation is 1. The number of fused-ring (bicyclic) bond motifs is 1. The lowest BCUT2D eigenvalue weighted by atomic mass is 10.0. The zero-order valence-corrected chi connectivity index (χ0v) is 20.5. The number of hydrogen-bond acceptors (Lipinski definition) is 5. The number of aliphatic imine (C=N–C) groups is 1. The summed E-state index contributed by atoms with van der Waals surface area (Å²) in [5.41, 5.74) is 2.16. The van der Waals surface area contributed by atoms with Crippen molar-refractivity contribution in [3.8, 4) is 11.5 Å². The molecule has 3 aromatic carbocycles. The minimum Gasteiger partial charge on any atom is -0.406 e. The molecule has 11 heteroatoms. The van der Waals surface area contributed by atoms with Crippen LogP contribution < -0.4 is 9.57 Å². The van der Waals surface area contributed by atoms with Gasteiger partial charge in [-0.05, 0) is 78.1 Å². The van der Waals surface area contributed by atoms with E-state index >= 15 is 0 Å². The molecule has 0 unspecified atom stereocenters. The SMILES string of the molecule is FC(F)(F)Oc1ccc2c(c1)CC/C2=N\Oc1ccc(C=NCC(=S)Cc2ccccc2C(F)(F)F)cc1. The zero-order chi connectivity index (χ0) is 27.3. The van der Waals surface area contributed by atoms with Gasteiger partial charge in [0.15, 0.2) is 5.75 Å². The molecule has 0 atom stereocenters. The van der Waals surface area contributed by atoms with Gasteiger partial charge in [-0.25, -0.2) is 0 Å². The third-order valence-corrected chi connectivity index (χ3v) is 5.89. The zero-order valence-electron chi connectivity index (χ0n) is 19.6. The highest BCUT2D eigenvalue weighted by Crippen LogP contribution is 2.32. The molecule has 198 valence electrons. The Bertz CT molecular complexity index is 1370. The second kappa shape index (κ2) is 11.3. The molecule has 4 nitrogen and oxygen atoms in total. The van der Waals surface area contributed by atoms with E-state index in [4.69, 9.17) is 17.1 Å². The first-order valence-electron chi connectivity index (χ1n) is 11.4. The molecule has 0 N–H and O–H groups in total. The number of ether oxygens (including phenoxy) is 1. The summed E-state index contributed by atoms with van der Waals surface area (Å²) >= 11 is 5.23. The van der Waals surface area contributed by atoms with Crippen molar-refractivity contribution in [1.82, 2.24) is 0 Å². The number of rotatable bonds is 8. The molecule has 0 bridgehead atoms. The van der Waals surface area contributed by atoms with Gasteiger partial charge in [0.25, 0.3) is 0 Å². The van der Waals surface area contributed by atoms with Gasteiger partial charge in [-0.3, -0.25) is 4.99 Å². The first kappa shape index (κ1) is 27.3. The van der Waals surface area contributed by atoms with Crippen LogP contribution in [0, 0.1) is 0 Å². The van der Waals surface area contributed by atoms with E-state index in [-0.39, 0.29) is 24.3 Å². The number of nitrogens with zero attached hydrogens (tertiary/aromatic N) is 2. The minimum absolute atomic E-state index is 0.00470. The number of alkyl halides is 6. The third kappa shape index (κ3) is 7.41. The van der Waals surface area contributed by atoms with Crippen LogP contribution in [-0.2, 0) is 19.0 Å². The monoisotopic (exact) mass is 550 g/mol. The average molecular weight is 551 g/mol. The molecule has 3 aromatic rings. The van der Waals surface area contributed by atoms with Crippen LogP contribution in [0.1, 0.15) is 34.2 Å². The standard InChI is InChI=1S/C27H20F6N2O2S/c28-26(29,30)24-4-2-1-3-19(24)14-22(38)16-34-15-17-5-8-20(9-6-17)37-35-25-12-7-18-13-21(10-11-23(18)25)36-27(31,32)33/h1-6,8-11,13,15H,7,12,14,16H2/b34-15?,35-25+. The molecule has 0 amide bonds. The van der Waals surface area contributed by atoms with Crippen LogP contribution in [0.3, 0.4) is 0 Å². The lowest BCUT2D eigenvalue weighted by molar-refractivity contribution is -0.274. The average Bonchev–Trinajstić information content (AvgIpc) is 3.24. The first-order chi connectivity index (χ1) is 18.0. The summed E-state index contributed by atoms with van der Waals surface area (Å²) in [5.74, 6) is 0.168. The highest BCUT2D eigenvalue weighted by Gasteiger charge is 2.33. The maximum absolute atomic E-state index is 13.1. The van der Waals surface area contributed by atoms with Crippen LogP contribution in [0.25, 0.3) is 0 Å². The van der Waals surface area contributed by atoms with E-state index in [0.29, 0.717) is 40.3 Å². The summed E-state index contributed by atoms with van der Waals surface area (Å²) in [7, 11) is 0. The van der Waals surface area contributed by atoms with Gasteiger partial charge in [0.1, 0.15) is 5.75 Å². The van der Waals surface area contributed by atoms with Crippen molar-refractivity contribution in [3.05, 3.63) is 94.5 Å². The Kier molecular flexibility index (Phi) is 8.15. The number of hydrogen-bond donors (Lipinski definition) is 0. The molecule has 4 rings (SSSR count). The lowest BCUT2D eigenvalue weighted by Crippen LogP contribution is -2.17. The van der Waals surface area contributed by atoms with Crippen LogP contribution in [0.4, 0.5) is 26.3 Å². The number of thiocarbonyl (C=S) groups is 1. The van der Waals surface area contributed by atoms with Crippen molar-refractivity contribution in [2.24, 2.45) is 10.1 Å². The van der Waals surface area contributed by atoms with E-state index in [9.17, 15) is 26.3 Å². The maximum atomic E-state index is 13.1. The predicted octanol–water partition coefficient (Wildman–Crippen LogP) is 7.36. The summed E-state index contributed by atoms with van der Waals surface area (Å²) < 4.78 is 80.7. The van der Waals surface area contributed by atoms with Gasteiger partial charge in [0, 0.05) is 23.1 Å². The molecule has 1 aliphatic rings. The van der Waals surface area contributed by atoms with Crippen molar-refractivity contribution in [1.29, 1.82) is 0 Å². The van der Waals surface area contributed by atoms with Crippen molar-refractivity contribution in [2.45, 2.75) is 31.8 Å². The van der Waals surface area contributed by atoms with Crippen molar-refractivity contribution in [3.63, 3.8) is 0 Å². The van der Waals surface area contributed by atoms with Gasteiger partial charge in [0.2, 0.25) is 0 Å². The molecular formula is C27H20F6N2O2S. The lowest BCUT2D eigenvalue weighted by Gasteiger charge is -2.12. The Morgan fingerprint density at radius 3 is 2.32 bits per heavy atom. The second-order valence-corrected chi connectivity index (χ2v) is 8.98. The fourth-order valence-electron chi connectivity index (χ4n) is 3.93. The Labute approximate surface area is 219 Å². The van der Waals surface area contributed by atoms with Gasteiger partial charge in [-0.1, -0.05) is 35.6 Å². The molecule has 0 radical (unpaired) electrons. The highest BCUT2D eigenvalue weighted by atomic mass is 32.1. The first-order valence-corrected chi connectivity index (χ1v) is 11.8. The molecule has 0 aromatic heterocycles. The van der Waals surface area contributed by atoms with Gasteiger partial charge in [0.05, 0.1) is 17.8 Å². The van der Waals surface area contributed by atoms with Gasteiger partial charge >= 0.3 is 12.5 Å². The maximum Gasteiger partial charge on any atom is 0.573 e. The molecule has 0 fully saturated rings. The fourth-order valence-corrected chi connectivity index (χ4v) is 4.16. The van der Waals surface area contributed by atoms with E-state index in [1.54, 1.807) is 36.5 Å². The van der Waals surface area contributed by atoms with E-state index in [0.717, 1.165) is 11.6 Å². The van der Waals surface area contributed by atoms with Gasteiger partial charge in [-0.15, -0.1) is 13.2 Å². The van der Waals surface area contributed by atoms with Gasteiger partial charge < -0.3 is 9.57 Å². The van der Waals surface area contributed by atoms with Crippen molar-refractivity contribution < 1.29 is 35.9 Å². The number of halogens is 6. The summed E-state index contributed by atoms with van der Waals surface area (Å²) in [6, 6.07) is 16.2. The molecule has 1 aliphatic carbocycles. The summed E-state index contributed by atoms with van der Waals surface area (Å²) in [6.07, 6.45) is -6.60. The molecular weight excluding hydrogens is 530 g/mol. The summed E-state index contributed by atoms with van der Waals surface area (Å²) in [4.78, 5) is 10.1. The highest BCUT2D eigenvalue weighted by molar-refractivity contribution is 7.80. The molecule has 0 saturated heterocycles. The van der Waals surface area contributed by atoms with Crippen molar-refractivity contribution in [2.75, 3.05) is 6.54 Å². The summed E-state index contributed by atoms with van der Waals surface area (Å²) in [5, 5.41) is 4.14. The van der Waals surface area contributed by atoms with Crippen LogP contribution in [0.5, 0.6) is 11.5 Å².